The van der Waals surface area contributed by atoms with E-state index in [1.807, 2.05) is 0 Å². The van der Waals surface area contributed by atoms with Crippen LogP contribution in [0.3, 0.4) is 0 Å². The highest BCUT2D eigenvalue weighted by atomic mass is 19.1. The Morgan fingerprint density at radius 3 is 2.50 bits per heavy atom. The van der Waals surface area contributed by atoms with Crippen molar-refractivity contribution in [2.75, 3.05) is 12.4 Å². The van der Waals surface area contributed by atoms with E-state index < -0.39 is 6.03 Å². The maximum absolute atomic E-state index is 12.9. The van der Waals surface area contributed by atoms with Gasteiger partial charge in [-0.15, -0.1) is 0 Å². The van der Waals surface area contributed by atoms with E-state index in [-0.39, 0.29) is 11.7 Å². The van der Waals surface area contributed by atoms with E-state index >= 15 is 0 Å². The van der Waals surface area contributed by atoms with Gasteiger partial charge >= 0.3 is 6.03 Å². The molecular formula is C16H16FN3O2. The second-order valence-electron chi connectivity index (χ2n) is 4.86. The molecule has 0 aliphatic rings. The fraction of sp³-hybridized carbons (Fsp3) is 0.125. The van der Waals surface area contributed by atoms with Gasteiger partial charge in [0.25, 0.3) is 5.91 Å². The van der Waals surface area contributed by atoms with Gasteiger partial charge in [0, 0.05) is 24.8 Å². The Labute approximate surface area is 127 Å². The van der Waals surface area contributed by atoms with Gasteiger partial charge in [0.1, 0.15) is 5.82 Å². The lowest BCUT2D eigenvalue weighted by Crippen LogP contribution is -2.26. The first-order valence-electron chi connectivity index (χ1n) is 6.62. The Morgan fingerprint density at radius 1 is 1.18 bits per heavy atom. The minimum absolute atomic E-state index is 0.211. The van der Waals surface area contributed by atoms with Crippen LogP contribution in [-0.4, -0.2) is 23.9 Å². The van der Waals surface area contributed by atoms with Crippen LogP contribution in [0.25, 0.3) is 0 Å². The van der Waals surface area contributed by atoms with Crippen LogP contribution in [0.1, 0.15) is 15.9 Å². The quantitative estimate of drug-likeness (QED) is 0.910. The third-order valence-corrected chi connectivity index (χ3v) is 3.06. The van der Waals surface area contributed by atoms with Gasteiger partial charge in [-0.2, -0.15) is 0 Å². The molecule has 5 nitrogen and oxygen atoms in total. The van der Waals surface area contributed by atoms with Crippen molar-refractivity contribution >= 4 is 17.6 Å². The van der Waals surface area contributed by atoms with Crippen LogP contribution in [-0.2, 0) is 6.54 Å². The van der Waals surface area contributed by atoms with Crippen molar-refractivity contribution in [3.05, 3.63) is 65.5 Å². The number of hydrogen-bond acceptors (Lipinski definition) is 2. The molecule has 0 aliphatic heterocycles. The summed E-state index contributed by atoms with van der Waals surface area (Å²) < 4.78 is 12.9. The van der Waals surface area contributed by atoms with Crippen molar-refractivity contribution in [2.24, 2.45) is 5.73 Å². The van der Waals surface area contributed by atoms with Gasteiger partial charge in [0.15, 0.2) is 0 Å². The highest BCUT2D eigenvalue weighted by Crippen LogP contribution is 2.14. The van der Waals surface area contributed by atoms with Crippen molar-refractivity contribution in [2.45, 2.75) is 6.54 Å². The Hall–Kier alpha value is -2.89. The molecule has 22 heavy (non-hydrogen) atoms. The number of nitrogens with one attached hydrogen (secondary N) is 1. The van der Waals surface area contributed by atoms with Crippen LogP contribution in [0, 0.1) is 5.82 Å². The number of nitrogens with zero attached hydrogens (tertiary/aromatic N) is 1. The molecule has 0 atom stereocenters. The largest absolute Gasteiger partial charge is 0.351 e. The van der Waals surface area contributed by atoms with Crippen LogP contribution in [0.5, 0.6) is 0 Å². The SMILES string of the molecule is CN(Cc1ccc(F)cc1)C(=O)c1cccc(NC(N)=O)c1. The third-order valence-electron chi connectivity index (χ3n) is 3.06. The normalized spacial score (nSPS) is 10.1. The molecule has 0 unspecified atom stereocenters. The molecule has 0 spiro atoms. The number of carbonyl (C=O) groups excluding carboxylic acids is 2. The summed E-state index contributed by atoms with van der Waals surface area (Å²) in [5.41, 5.74) is 6.75. The van der Waals surface area contributed by atoms with Gasteiger partial charge in [0.05, 0.1) is 0 Å². The fourth-order valence-electron chi connectivity index (χ4n) is 2.03. The van der Waals surface area contributed by atoms with Gasteiger partial charge < -0.3 is 16.0 Å². The van der Waals surface area contributed by atoms with E-state index in [0.29, 0.717) is 17.8 Å². The second kappa shape index (κ2) is 6.71. The highest BCUT2D eigenvalue weighted by molar-refractivity contribution is 5.96. The molecule has 3 N–H and O–H groups in total. The van der Waals surface area contributed by atoms with Crippen LogP contribution in [0.15, 0.2) is 48.5 Å². The average Bonchev–Trinajstić information content (AvgIpc) is 2.48. The van der Waals surface area contributed by atoms with E-state index in [1.165, 1.54) is 17.0 Å². The van der Waals surface area contributed by atoms with Crippen molar-refractivity contribution in [1.29, 1.82) is 0 Å². The summed E-state index contributed by atoms with van der Waals surface area (Å²) in [4.78, 5) is 24.7. The van der Waals surface area contributed by atoms with E-state index in [0.717, 1.165) is 5.56 Å². The predicted molar refractivity (Wildman–Crippen MR) is 81.8 cm³/mol. The Morgan fingerprint density at radius 2 is 1.86 bits per heavy atom. The molecule has 0 fully saturated rings. The first-order valence-corrected chi connectivity index (χ1v) is 6.62. The zero-order valence-electron chi connectivity index (χ0n) is 12.0. The molecule has 2 aromatic rings. The lowest BCUT2D eigenvalue weighted by Gasteiger charge is -2.18. The molecule has 2 aromatic carbocycles. The number of hydrogen-bond donors (Lipinski definition) is 2. The molecule has 0 saturated carbocycles. The van der Waals surface area contributed by atoms with Gasteiger partial charge in [-0.1, -0.05) is 18.2 Å². The van der Waals surface area contributed by atoms with E-state index in [9.17, 15) is 14.0 Å². The van der Waals surface area contributed by atoms with Crippen LogP contribution in [0.4, 0.5) is 14.9 Å². The lowest BCUT2D eigenvalue weighted by atomic mass is 10.1. The average molecular weight is 301 g/mol. The number of nitrogens with two attached hydrogens (primary N) is 1. The maximum atomic E-state index is 12.9. The summed E-state index contributed by atoms with van der Waals surface area (Å²) in [6.45, 7) is 0.354. The Kier molecular flexibility index (Phi) is 4.73. The minimum Gasteiger partial charge on any atom is -0.351 e. The third kappa shape index (κ3) is 4.05. The standard InChI is InChI=1S/C16H16FN3O2/c1-20(10-11-5-7-13(17)8-6-11)15(21)12-3-2-4-14(9-12)19-16(18)22/h2-9H,10H2,1H3,(H3,18,19,22). The first-order chi connectivity index (χ1) is 10.5. The van der Waals surface area contributed by atoms with Crippen molar-refractivity contribution < 1.29 is 14.0 Å². The summed E-state index contributed by atoms with van der Waals surface area (Å²) >= 11 is 0. The van der Waals surface area contributed by atoms with E-state index in [4.69, 9.17) is 5.73 Å². The molecule has 0 heterocycles. The van der Waals surface area contributed by atoms with Gasteiger partial charge in [-0.25, -0.2) is 9.18 Å². The van der Waals surface area contributed by atoms with Gasteiger partial charge in [0.2, 0.25) is 0 Å². The number of benzene rings is 2. The van der Waals surface area contributed by atoms with Crippen molar-refractivity contribution in [3.8, 4) is 0 Å². The zero-order chi connectivity index (χ0) is 16.1. The second-order valence-corrected chi connectivity index (χ2v) is 4.86. The molecular weight excluding hydrogens is 285 g/mol. The highest BCUT2D eigenvalue weighted by Gasteiger charge is 2.13. The minimum atomic E-state index is -0.690. The number of amides is 3. The number of urea groups is 1. The number of anilines is 1. The molecule has 0 radical (unpaired) electrons. The fourth-order valence-corrected chi connectivity index (χ4v) is 2.03. The van der Waals surface area contributed by atoms with Gasteiger partial charge in [-0.05, 0) is 35.9 Å². The van der Waals surface area contributed by atoms with Crippen LogP contribution in [0.2, 0.25) is 0 Å². The summed E-state index contributed by atoms with van der Waals surface area (Å²) in [5.74, 6) is -0.527. The molecule has 3 amide bonds. The summed E-state index contributed by atoms with van der Waals surface area (Å²) in [6, 6.07) is 11.8. The molecule has 6 heteroatoms. The topological polar surface area (TPSA) is 75.4 Å². The van der Waals surface area contributed by atoms with Crippen LogP contribution >= 0.6 is 0 Å². The number of carbonyl (C=O) groups is 2. The molecule has 0 saturated heterocycles. The lowest BCUT2D eigenvalue weighted by molar-refractivity contribution is 0.0785. The molecule has 0 bridgehead atoms. The molecule has 0 aromatic heterocycles. The molecule has 0 aliphatic carbocycles. The summed E-state index contributed by atoms with van der Waals surface area (Å²) in [5, 5.41) is 2.42. The maximum Gasteiger partial charge on any atom is 0.316 e. The van der Waals surface area contributed by atoms with Crippen LogP contribution < -0.4 is 11.1 Å². The first kappa shape index (κ1) is 15.5. The Balaban J connectivity index is 2.09. The molecule has 2 rings (SSSR count). The van der Waals surface area contributed by atoms with E-state index in [1.54, 1.807) is 43.4 Å². The summed E-state index contributed by atoms with van der Waals surface area (Å²) in [7, 11) is 1.65. The van der Waals surface area contributed by atoms with Crippen molar-refractivity contribution in [1.82, 2.24) is 4.90 Å². The number of rotatable bonds is 4. The smallest absolute Gasteiger partial charge is 0.316 e. The molecule has 114 valence electrons. The monoisotopic (exact) mass is 301 g/mol. The Bertz CT molecular complexity index is 686. The van der Waals surface area contributed by atoms with Gasteiger partial charge in [-0.3, -0.25) is 4.79 Å². The predicted octanol–water partition coefficient (Wildman–Crippen LogP) is 2.59. The zero-order valence-corrected chi connectivity index (χ0v) is 12.0. The number of primary amides is 1. The summed E-state index contributed by atoms with van der Waals surface area (Å²) in [6.07, 6.45) is 0. The number of halogens is 1. The van der Waals surface area contributed by atoms with Crippen molar-refractivity contribution in [3.63, 3.8) is 0 Å². The van der Waals surface area contributed by atoms with E-state index in [2.05, 4.69) is 5.32 Å².